The Labute approximate surface area is 103 Å². The van der Waals surface area contributed by atoms with Gasteiger partial charge in [0, 0.05) is 13.5 Å². The molecule has 5 heteroatoms. The number of nitrogens with two attached hydrogens (primary N) is 1. The second-order valence-electron chi connectivity index (χ2n) is 4.58. The Balaban J connectivity index is 3.05. The van der Waals surface area contributed by atoms with Crippen LogP contribution in [0.4, 0.5) is 0 Å². The topological polar surface area (TPSA) is 66.0 Å². The molecule has 0 amide bonds. The van der Waals surface area contributed by atoms with Gasteiger partial charge in [-0.2, -0.15) is 0 Å². The summed E-state index contributed by atoms with van der Waals surface area (Å²) in [6, 6.07) is 0.261. The lowest BCUT2D eigenvalue weighted by molar-refractivity contribution is 0.144. The van der Waals surface area contributed by atoms with Crippen LogP contribution >= 0.6 is 0 Å². The maximum atomic E-state index is 5.60. The van der Waals surface area contributed by atoms with E-state index in [1.165, 1.54) is 5.69 Å². The molecule has 0 aliphatic heterocycles. The summed E-state index contributed by atoms with van der Waals surface area (Å²) in [5, 5.41) is 8.53. The molecule has 0 radical (unpaired) electrons. The summed E-state index contributed by atoms with van der Waals surface area (Å²) >= 11 is 0. The van der Waals surface area contributed by atoms with E-state index in [1.807, 2.05) is 4.68 Å². The Morgan fingerprint density at radius 1 is 1.41 bits per heavy atom. The lowest BCUT2D eigenvalue weighted by Crippen LogP contribution is -2.19. The predicted octanol–water partition coefficient (Wildman–Crippen LogP) is 1.50. The molecule has 1 aromatic heterocycles. The van der Waals surface area contributed by atoms with Gasteiger partial charge in [0.2, 0.25) is 0 Å². The molecule has 1 unspecified atom stereocenters. The van der Waals surface area contributed by atoms with Crippen LogP contribution in [-0.2, 0) is 11.2 Å². The van der Waals surface area contributed by atoms with Crippen molar-refractivity contribution < 1.29 is 4.74 Å². The van der Waals surface area contributed by atoms with Gasteiger partial charge in [-0.15, -0.1) is 5.10 Å². The second-order valence-corrected chi connectivity index (χ2v) is 4.58. The first-order valence-electron chi connectivity index (χ1n) is 6.28. The predicted molar refractivity (Wildman–Crippen MR) is 68.1 cm³/mol. The first kappa shape index (κ1) is 14.1. The molecule has 98 valence electrons. The summed E-state index contributed by atoms with van der Waals surface area (Å²) in [4.78, 5) is 0. The van der Waals surface area contributed by atoms with Crippen molar-refractivity contribution in [3.63, 3.8) is 0 Å². The monoisotopic (exact) mass is 240 g/mol. The van der Waals surface area contributed by atoms with Gasteiger partial charge in [-0.25, -0.2) is 4.68 Å². The second kappa shape index (κ2) is 6.71. The summed E-state index contributed by atoms with van der Waals surface area (Å²) in [6.45, 7) is 7.74. The van der Waals surface area contributed by atoms with Gasteiger partial charge in [0.25, 0.3) is 0 Å². The van der Waals surface area contributed by atoms with Gasteiger partial charge >= 0.3 is 0 Å². The number of methoxy groups -OCH3 is 1. The highest BCUT2D eigenvalue weighted by atomic mass is 16.5. The van der Waals surface area contributed by atoms with E-state index >= 15 is 0 Å². The Hall–Kier alpha value is -0.940. The van der Waals surface area contributed by atoms with E-state index in [1.54, 1.807) is 7.11 Å². The molecule has 0 spiro atoms. The van der Waals surface area contributed by atoms with Crippen molar-refractivity contribution in [3.8, 4) is 0 Å². The van der Waals surface area contributed by atoms with E-state index in [0.717, 1.165) is 18.5 Å². The molecular weight excluding hydrogens is 216 g/mol. The zero-order valence-electron chi connectivity index (χ0n) is 11.3. The molecule has 5 nitrogen and oxygen atoms in total. The quantitative estimate of drug-likeness (QED) is 0.784. The summed E-state index contributed by atoms with van der Waals surface area (Å²) in [7, 11) is 1.72. The molecule has 1 atom stereocenters. The average molecular weight is 240 g/mol. The van der Waals surface area contributed by atoms with Crippen LogP contribution in [0.15, 0.2) is 0 Å². The van der Waals surface area contributed by atoms with Crippen molar-refractivity contribution in [2.75, 3.05) is 20.3 Å². The molecule has 0 aliphatic rings. The minimum absolute atomic E-state index is 0.261. The molecule has 1 rings (SSSR count). The molecule has 0 aliphatic carbocycles. The van der Waals surface area contributed by atoms with Crippen LogP contribution in [0.25, 0.3) is 0 Å². The lowest BCUT2D eigenvalue weighted by atomic mass is 10.1. The molecule has 1 heterocycles. The molecule has 0 fully saturated rings. The first-order chi connectivity index (χ1) is 8.15. The smallest absolute Gasteiger partial charge is 0.0874 e. The van der Waals surface area contributed by atoms with Crippen LogP contribution in [0.5, 0.6) is 0 Å². The lowest BCUT2D eigenvalue weighted by Gasteiger charge is -2.19. The Morgan fingerprint density at radius 2 is 2.12 bits per heavy atom. The van der Waals surface area contributed by atoms with Crippen LogP contribution in [0.3, 0.4) is 0 Å². The summed E-state index contributed by atoms with van der Waals surface area (Å²) in [5.74, 6) is 0.400. The van der Waals surface area contributed by atoms with Gasteiger partial charge in [0.1, 0.15) is 0 Å². The van der Waals surface area contributed by atoms with E-state index in [9.17, 15) is 0 Å². The minimum Gasteiger partial charge on any atom is -0.382 e. The highest BCUT2D eigenvalue weighted by molar-refractivity contribution is 5.15. The van der Waals surface area contributed by atoms with Crippen LogP contribution < -0.4 is 5.73 Å². The zero-order valence-corrected chi connectivity index (χ0v) is 11.3. The molecule has 1 aromatic rings. The maximum Gasteiger partial charge on any atom is 0.0874 e. The number of hydrogen-bond donors (Lipinski definition) is 1. The van der Waals surface area contributed by atoms with Gasteiger partial charge in [-0.05, 0) is 18.9 Å². The normalized spacial score (nSPS) is 13.3. The molecule has 0 aromatic carbocycles. The Morgan fingerprint density at radius 3 is 2.59 bits per heavy atom. The molecule has 0 saturated heterocycles. The highest BCUT2D eigenvalue weighted by Gasteiger charge is 2.20. The van der Waals surface area contributed by atoms with E-state index in [0.29, 0.717) is 19.1 Å². The number of ether oxygens (including phenoxy) is 1. The van der Waals surface area contributed by atoms with Gasteiger partial charge in [0.15, 0.2) is 0 Å². The van der Waals surface area contributed by atoms with Crippen LogP contribution in [0, 0.1) is 0 Å². The van der Waals surface area contributed by atoms with Crippen LogP contribution in [0.1, 0.15) is 50.5 Å². The average Bonchev–Trinajstić information content (AvgIpc) is 2.70. The number of rotatable bonds is 7. The molecular formula is C12H24N4O. The van der Waals surface area contributed by atoms with Crippen molar-refractivity contribution >= 4 is 0 Å². The van der Waals surface area contributed by atoms with Gasteiger partial charge in [0.05, 0.1) is 24.0 Å². The first-order valence-corrected chi connectivity index (χ1v) is 6.28. The molecule has 0 bridgehead atoms. The number of aromatic nitrogens is 3. The van der Waals surface area contributed by atoms with E-state index in [2.05, 4.69) is 31.1 Å². The fourth-order valence-electron chi connectivity index (χ4n) is 2.07. The molecule has 2 N–H and O–H groups in total. The van der Waals surface area contributed by atoms with Crippen LogP contribution in [-0.4, -0.2) is 35.3 Å². The Bertz CT molecular complexity index is 335. The van der Waals surface area contributed by atoms with E-state index < -0.39 is 0 Å². The molecule has 0 saturated carbocycles. The molecule has 17 heavy (non-hydrogen) atoms. The summed E-state index contributed by atoms with van der Waals surface area (Å²) in [5.41, 5.74) is 7.82. The third-order valence-corrected chi connectivity index (χ3v) is 2.91. The van der Waals surface area contributed by atoms with Crippen molar-refractivity contribution in [2.24, 2.45) is 5.73 Å². The largest absolute Gasteiger partial charge is 0.382 e. The van der Waals surface area contributed by atoms with Crippen molar-refractivity contribution in [2.45, 2.75) is 45.6 Å². The van der Waals surface area contributed by atoms with Crippen molar-refractivity contribution in [3.05, 3.63) is 11.4 Å². The van der Waals surface area contributed by atoms with Crippen LogP contribution in [0.2, 0.25) is 0 Å². The number of nitrogens with zero attached hydrogens (tertiary/aromatic N) is 3. The zero-order chi connectivity index (χ0) is 12.8. The number of hydrogen-bond acceptors (Lipinski definition) is 4. The van der Waals surface area contributed by atoms with Gasteiger partial charge in [-0.1, -0.05) is 26.0 Å². The van der Waals surface area contributed by atoms with Gasteiger partial charge in [-0.3, -0.25) is 0 Å². The third kappa shape index (κ3) is 3.26. The SMILES string of the molecule is CCC(COC)n1nnc(CCN)c1C(C)C. The third-order valence-electron chi connectivity index (χ3n) is 2.91. The van der Waals surface area contributed by atoms with Crippen molar-refractivity contribution in [1.29, 1.82) is 0 Å². The Kier molecular flexibility index (Phi) is 5.58. The van der Waals surface area contributed by atoms with Gasteiger partial charge < -0.3 is 10.5 Å². The summed E-state index contributed by atoms with van der Waals surface area (Å²) in [6.07, 6.45) is 1.77. The fourth-order valence-corrected chi connectivity index (χ4v) is 2.07. The van der Waals surface area contributed by atoms with E-state index in [4.69, 9.17) is 10.5 Å². The van der Waals surface area contributed by atoms with E-state index in [-0.39, 0.29) is 6.04 Å². The minimum atomic E-state index is 0.261. The highest BCUT2D eigenvalue weighted by Crippen LogP contribution is 2.23. The van der Waals surface area contributed by atoms with Crippen molar-refractivity contribution in [1.82, 2.24) is 15.0 Å². The summed E-state index contributed by atoms with van der Waals surface area (Å²) < 4.78 is 7.25. The maximum absolute atomic E-state index is 5.60. The fraction of sp³-hybridized carbons (Fsp3) is 0.833. The standard InChI is InChI=1S/C12H24N4O/c1-5-10(8-17-4)16-12(9(2)3)11(6-7-13)14-15-16/h9-10H,5-8,13H2,1-4H3.